The van der Waals surface area contributed by atoms with Gasteiger partial charge in [-0.2, -0.15) is 0 Å². The molecule has 3 aliphatic heterocycles. The first-order valence-electron chi connectivity index (χ1n) is 9.27. The van der Waals surface area contributed by atoms with Crippen molar-refractivity contribution >= 4 is 12.0 Å². The molecule has 124 valence electrons. The standard InChI is InChI=1S/C21H24N2O/c1-3-14-12-23(4-2)10-9-21-17-7-5-6-8-18(17)22-20(21)16(13-24)15(14)11-19(21)23/h3,5-8,13,15,19H,4,9-12H2,1-2H3/p+1/b14-3+/t15-,19?,21?,23?/m0/s1. The molecule has 3 heterocycles. The quantitative estimate of drug-likeness (QED) is 0.514. The first-order chi connectivity index (χ1) is 11.7. The molecule has 1 aromatic carbocycles. The number of piperidine rings is 1. The maximum atomic E-state index is 12.1. The van der Waals surface area contributed by atoms with Crippen LogP contribution in [0.3, 0.4) is 0 Å². The third-order valence-electron chi connectivity index (χ3n) is 7.49. The third kappa shape index (κ3) is 1.42. The number of para-hydroxylation sites is 1. The van der Waals surface area contributed by atoms with E-state index in [1.165, 1.54) is 40.1 Å². The molecule has 1 aromatic rings. The second-order valence-corrected chi connectivity index (χ2v) is 7.92. The van der Waals surface area contributed by atoms with Crippen molar-refractivity contribution in [1.29, 1.82) is 0 Å². The number of aldehydes is 1. The van der Waals surface area contributed by atoms with Gasteiger partial charge in [-0.25, -0.2) is 0 Å². The van der Waals surface area contributed by atoms with Crippen molar-refractivity contribution in [2.45, 2.75) is 38.1 Å². The van der Waals surface area contributed by atoms with E-state index >= 15 is 0 Å². The number of quaternary nitrogens is 1. The molecule has 3 heteroatoms. The van der Waals surface area contributed by atoms with E-state index in [1.54, 1.807) is 0 Å². The Labute approximate surface area is 143 Å². The molecule has 2 bridgehead atoms. The summed E-state index contributed by atoms with van der Waals surface area (Å²) >= 11 is 0. The zero-order chi connectivity index (χ0) is 16.5. The maximum absolute atomic E-state index is 12.1. The maximum Gasteiger partial charge on any atom is 0.148 e. The van der Waals surface area contributed by atoms with Gasteiger partial charge in [-0.15, -0.1) is 0 Å². The van der Waals surface area contributed by atoms with E-state index in [0.717, 1.165) is 31.2 Å². The van der Waals surface area contributed by atoms with Crippen LogP contribution in [0.4, 0.5) is 5.69 Å². The molecule has 1 aliphatic carbocycles. The number of likely N-dealkylation sites (N-methyl/N-ethyl adjacent to an activating group) is 1. The average Bonchev–Trinajstić information content (AvgIpc) is 3.15. The fourth-order valence-electron chi connectivity index (χ4n) is 6.37. The number of nitrogens with one attached hydrogen (secondary N) is 1. The first kappa shape index (κ1) is 14.5. The van der Waals surface area contributed by atoms with E-state index in [4.69, 9.17) is 0 Å². The molecule has 5 rings (SSSR count). The number of fused-ring (bicyclic) bond motifs is 2. The minimum Gasteiger partial charge on any atom is -0.357 e. The van der Waals surface area contributed by atoms with Gasteiger partial charge in [0.2, 0.25) is 0 Å². The number of nitrogens with zero attached hydrogens (tertiary/aromatic N) is 1. The summed E-state index contributed by atoms with van der Waals surface area (Å²) in [7, 11) is 0. The highest BCUT2D eigenvalue weighted by Gasteiger charge is 2.67. The van der Waals surface area contributed by atoms with E-state index in [-0.39, 0.29) is 5.41 Å². The molecular weight excluding hydrogens is 296 g/mol. The van der Waals surface area contributed by atoms with Crippen LogP contribution in [-0.2, 0) is 10.2 Å². The summed E-state index contributed by atoms with van der Waals surface area (Å²) in [5, 5.41) is 3.68. The van der Waals surface area contributed by atoms with E-state index in [9.17, 15) is 4.79 Å². The normalized spacial score (nSPS) is 40.3. The van der Waals surface area contributed by atoms with Crippen molar-refractivity contribution in [3.05, 3.63) is 52.7 Å². The SMILES string of the molecule is C/C=C1\C[N+]2(CC)CCC34C(=C(C=O)[C@H]1CC32)Nc1ccccc14. The summed E-state index contributed by atoms with van der Waals surface area (Å²) in [4.78, 5) is 12.1. The number of allylic oxidation sites excluding steroid dienone is 2. The molecule has 3 nitrogen and oxygen atoms in total. The Morgan fingerprint density at radius 1 is 1.38 bits per heavy atom. The van der Waals surface area contributed by atoms with E-state index < -0.39 is 0 Å². The summed E-state index contributed by atoms with van der Waals surface area (Å²) in [5.41, 5.74) is 6.41. The zero-order valence-electron chi connectivity index (χ0n) is 14.5. The smallest absolute Gasteiger partial charge is 0.148 e. The lowest BCUT2D eigenvalue weighted by Gasteiger charge is -2.53. The van der Waals surface area contributed by atoms with Gasteiger partial charge in [-0.1, -0.05) is 24.3 Å². The second-order valence-electron chi connectivity index (χ2n) is 7.92. The van der Waals surface area contributed by atoms with Crippen LogP contribution >= 0.6 is 0 Å². The van der Waals surface area contributed by atoms with Gasteiger partial charge in [0.1, 0.15) is 18.9 Å². The van der Waals surface area contributed by atoms with Crippen LogP contribution in [0.5, 0.6) is 0 Å². The Bertz CT molecular complexity index is 808. The van der Waals surface area contributed by atoms with Gasteiger partial charge in [0.15, 0.2) is 0 Å². The van der Waals surface area contributed by atoms with Crippen LogP contribution < -0.4 is 5.32 Å². The molecule has 24 heavy (non-hydrogen) atoms. The lowest BCUT2D eigenvalue weighted by molar-refractivity contribution is -0.940. The van der Waals surface area contributed by atoms with Crippen molar-refractivity contribution < 1.29 is 9.28 Å². The predicted molar refractivity (Wildman–Crippen MR) is 95.6 cm³/mol. The Kier molecular flexibility index (Phi) is 2.78. The summed E-state index contributed by atoms with van der Waals surface area (Å²) < 4.78 is 1.20. The van der Waals surface area contributed by atoms with E-state index in [2.05, 4.69) is 49.5 Å². The fraction of sp³-hybridized carbons (Fsp3) is 0.476. The molecule has 0 aromatic heterocycles. The minimum atomic E-state index is 0.0403. The lowest BCUT2D eigenvalue weighted by atomic mass is 9.61. The van der Waals surface area contributed by atoms with Gasteiger partial charge in [-0.05, 0) is 31.1 Å². The first-order valence-corrected chi connectivity index (χ1v) is 9.27. The van der Waals surface area contributed by atoms with Crippen molar-refractivity contribution in [3.63, 3.8) is 0 Å². The second kappa shape index (κ2) is 4.60. The molecule has 4 aliphatic rings. The Morgan fingerprint density at radius 3 is 2.96 bits per heavy atom. The Morgan fingerprint density at radius 2 is 2.21 bits per heavy atom. The molecule has 2 saturated heterocycles. The molecule has 0 amide bonds. The number of carbonyl (C=O) groups excluding carboxylic acids is 1. The molecule has 1 spiro atoms. The van der Waals surface area contributed by atoms with Gasteiger partial charge in [0.25, 0.3) is 0 Å². The zero-order valence-corrected chi connectivity index (χ0v) is 14.5. The number of hydrogen-bond donors (Lipinski definition) is 1. The largest absolute Gasteiger partial charge is 0.357 e. The number of anilines is 1. The third-order valence-corrected chi connectivity index (χ3v) is 7.49. The Hall–Kier alpha value is -1.87. The molecule has 0 saturated carbocycles. The van der Waals surface area contributed by atoms with Gasteiger partial charge in [0, 0.05) is 35.7 Å². The van der Waals surface area contributed by atoms with Crippen molar-refractivity contribution in [2.75, 3.05) is 25.0 Å². The number of carbonyl (C=O) groups is 1. The van der Waals surface area contributed by atoms with E-state index in [0.29, 0.717) is 12.0 Å². The highest BCUT2D eigenvalue weighted by atomic mass is 16.1. The molecule has 3 unspecified atom stereocenters. The van der Waals surface area contributed by atoms with Crippen LogP contribution in [0, 0.1) is 5.92 Å². The molecule has 1 N–H and O–H groups in total. The fourth-order valence-corrected chi connectivity index (χ4v) is 6.37. The van der Waals surface area contributed by atoms with Crippen molar-refractivity contribution in [1.82, 2.24) is 0 Å². The number of hydrogen-bond acceptors (Lipinski definition) is 2. The van der Waals surface area contributed by atoms with Crippen LogP contribution in [0.1, 0.15) is 32.3 Å². The highest BCUT2D eigenvalue weighted by molar-refractivity contribution is 5.84. The monoisotopic (exact) mass is 321 g/mol. The number of rotatable bonds is 2. The van der Waals surface area contributed by atoms with Crippen molar-refractivity contribution in [3.8, 4) is 0 Å². The molecule has 0 radical (unpaired) electrons. The van der Waals surface area contributed by atoms with Crippen LogP contribution in [-0.4, -0.2) is 36.4 Å². The Balaban J connectivity index is 1.84. The summed E-state index contributed by atoms with van der Waals surface area (Å²) in [6.07, 6.45) is 5.70. The summed E-state index contributed by atoms with van der Waals surface area (Å²) in [6, 6.07) is 9.33. The van der Waals surface area contributed by atoms with Crippen molar-refractivity contribution in [2.24, 2.45) is 5.92 Å². The van der Waals surface area contributed by atoms with Gasteiger partial charge >= 0.3 is 0 Å². The van der Waals surface area contributed by atoms with Gasteiger partial charge in [-0.3, -0.25) is 4.79 Å². The topological polar surface area (TPSA) is 29.1 Å². The van der Waals surface area contributed by atoms with Crippen LogP contribution in [0.15, 0.2) is 47.2 Å². The van der Waals surface area contributed by atoms with Gasteiger partial charge in [0.05, 0.1) is 18.5 Å². The van der Waals surface area contributed by atoms with Crippen LogP contribution in [0.2, 0.25) is 0 Å². The summed E-state index contributed by atoms with van der Waals surface area (Å²) in [6.45, 7) is 8.01. The molecule has 2 fully saturated rings. The van der Waals surface area contributed by atoms with E-state index in [1.807, 2.05) is 0 Å². The molecule has 4 atom stereocenters. The number of benzene rings is 1. The predicted octanol–water partition coefficient (Wildman–Crippen LogP) is 3.39. The highest BCUT2D eigenvalue weighted by Crippen LogP contribution is 2.63. The average molecular weight is 321 g/mol. The summed E-state index contributed by atoms with van der Waals surface area (Å²) in [5.74, 6) is 0.318. The van der Waals surface area contributed by atoms with Crippen LogP contribution in [0.25, 0.3) is 0 Å². The molecular formula is C21H25N2O+. The minimum absolute atomic E-state index is 0.0403. The lowest BCUT2D eigenvalue weighted by Crippen LogP contribution is -2.63. The van der Waals surface area contributed by atoms with Gasteiger partial charge < -0.3 is 9.80 Å².